The number of ether oxygens (including phenoxy) is 1. The van der Waals surface area contributed by atoms with Crippen LogP contribution in [-0.4, -0.2) is 28.3 Å². The average Bonchev–Trinajstić information content (AvgIpc) is 3.01. The van der Waals surface area contributed by atoms with Gasteiger partial charge in [-0.3, -0.25) is 4.79 Å². The van der Waals surface area contributed by atoms with Gasteiger partial charge < -0.3 is 4.74 Å². The molecule has 23 heavy (non-hydrogen) atoms. The number of hydrogen-bond donors (Lipinski definition) is 0. The van der Waals surface area contributed by atoms with Crippen LogP contribution in [0.5, 0.6) is 0 Å². The lowest BCUT2D eigenvalue weighted by atomic mass is 10.2. The Morgan fingerprint density at radius 1 is 1.26 bits per heavy atom. The average molecular weight is 344 g/mol. The van der Waals surface area contributed by atoms with Crippen LogP contribution in [0.1, 0.15) is 13.3 Å². The Balaban J connectivity index is 1.79. The Bertz CT molecular complexity index is 803. The van der Waals surface area contributed by atoms with Crippen molar-refractivity contribution < 1.29 is 9.53 Å². The molecule has 0 bridgehead atoms. The summed E-state index contributed by atoms with van der Waals surface area (Å²) >= 11 is 3.22. The normalized spacial score (nSPS) is 10.8. The molecule has 2 heterocycles. The fourth-order valence-electron chi connectivity index (χ4n) is 2.16. The molecule has 0 spiro atoms. The second-order valence-electron chi connectivity index (χ2n) is 4.78. The molecule has 3 aromatic rings. The van der Waals surface area contributed by atoms with E-state index >= 15 is 0 Å². The number of rotatable bonds is 6. The molecule has 0 N–H and O–H groups in total. The maximum Gasteiger partial charge on any atom is 0.306 e. The summed E-state index contributed by atoms with van der Waals surface area (Å²) in [5, 5.41) is 1.96. The molecule has 0 radical (unpaired) electrons. The summed E-state index contributed by atoms with van der Waals surface area (Å²) in [6, 6.07) is 12.4. The molecule has 0 unspecified atom stereocenters. The van der Waals surface area contributed by atoms with Crippen molar-refractivity contribution >= 4 is 39.3 Å². The van der Waals surface area contributed by atoms with Gasteiger partial charge in [0.25, 0.3) is 0 Å². The van der Waals surface area contributed by atoms with E-state index in [1.54, 1.807) is 29.4 Å². The highest BCUT2D eigenvalue weighted by Crippen LogP contribution is 2.36. The minimum atomic E-state index is -0.166. The molecule has 118 valence electrons. The van der Waals surface area contributed by atoms with Gasteiger partial charge in [-0.1, -0.05) is 30.3 Å². The molecule has 0 amide bonds. The standard InChI is InChI=1S/C17H16N2O2S2/c1-2-21-15(20)8-9-22-16-13-10-14(12-6-4-3-5-7-12)23-17(13)19-11-18-16/h3-7,10-11H,2,8-9H2,1H3. The van der Waals surface area contributed by atoms with Crippen LogP contribution < -0.4 is 0 Å². The number of benzene rings is 1. The lowest BCUT2D eigenvalue weighted by Gasteiger charge is -2.02. The van der Waals surface area contributed by atoms with Crippen molar-refractivity contribution in [2.45, 2.75) is 18.4 Å². The van der Waals surface area contributed by atoms with E-state index in [4.69, 9.17) is 4.74 Å². The largest absolute Gasteiger partial charge is 0.466 e. The van der Waals surface area contributed by atoms with Gasteiger partial charge in [-0.2, -0.15) is 0 Å². The Kier molecular flexibility index (Phi) is 5.25. The quantitative estimate of drug-likeness (QED) is 0.377. The monoisotopic (exact) mass is 344 g/mol. The first-order valence-electron chi connectivity index (χ1n) is 7.36. The molecule has 6 heteroatoms. The van der Waals surface area contributed by atoms with Gasteiger partial charge >= 0.3 is 5.97 Å². The fraction of sp³-hybridized carbons (Fsp3) is 0.235. The third kappa shape index (κ3) is 3.89. The van der Waals surface area contributed by atoms with Crippen molar-refractivity contribution in [2.75, 3.05) is 12.4 Å². The van der Waals surface area contributed by atoms with Gasteiger partial charge in [-0.25, -0.2) is 9.97 Å². The Morgan fingerprint density at radius 2 is 2.09 bits per heavy atom. The zero-order valence-electron chi connectivity index (χ0n) is 12.7. The summed E-state index contributed by atoms with van der Waals surface area (Å²) in [4.78, 5) is 22.3. The van der Waals surface area contributed by atoms with Crippen LogP contribution in [0.15, 0.2) is 47.8 Å². The van der Waals surface area contributed by atoms with Crippen molar-refractivity contribution in [1.82, 2.24) is 9.97 Å². The minimum Gasteiger partial charge on any atom is -0.466 e. The van der Waals surface area contributed by atoms with Gasteiger partial charge in [-0.15, -0.1) is 23.1 Å². The number of esters is 1. The number of fused-ring (bicyclic) bond motifs is 1. The summed E-state index contributed by atoms with van der Waals surface area (Å²) < 4.78 is 4.95. The number of hydrogen-bond acceptors (Lipinski definition) is 6. The van der Waals surface area contributed by atoms with Crippen LogP contribution in [0.25, 0.3) is 20.7 Å². The van der Waals surface area contributed by atoms with E-state index in [1.807, 2.05) is 25.1 Å². The molecule has 0 fully saturated rings. The SMILES string of the molecule is CCOC(=O)CCSc1ncnc2sc(-c3ccccc3)cc12. The molecule has 0 atom stereocenters. The number of carbonyl (C=O) groups is 1. The predicted octanol–water partition coefficient (Wildman–Crippen LogP) is 4.40. The molecule has 0 aliphatic heterocycles. The van der Waals surface area contributed by atoms with Crippen LogP contribution >= 0.6 is 23.1 Å². The topological polar surface area (TPSA) is 52.1 Å². The van der Waals surface area contributed by atoms with E-state index < -0.39 is 0 Å². The zero-order valence-corrected chi connectivity index (χ0v) is 14.3. The minimum absolute atomic E-state index is 0.166. The van der Waals surface area contributed by atoms with E-state index in [0.717, 1.165) is 15.2 Å². The van der Waals surface area contributed by atoms with Crippen LogP contribution in [0.2, 0.25) is 0 Å². The molecule has 0 saturated carbocycles. The van der Waals surface area contributed by atoms with Gasteiger partial charge in [0.15, 0.2) is 0 Å². The van der Waals surface area contributed by atoms with Crippen LogP contribution in [-0.2, 0) is 9.53 Å². The molecule has 0 aliphatic carbocycles. The highest BCUT2D eigenvalue weighted by atomic mass is 32.2. The molecule has 2 aromatic heterocycles. The third-order valence-corrected chi connectivity index (χ3v) is 5.30. The van der Waals surface area contributed by atoms with Gasteiger partial charge in [0.2, 0.25) is 0 Å². The van der Waals surface area contributed by atoms with Gasteiger partial charge in [-0.05, 0) is 18.6 Å². The zero-order chi connectivity index (χ0) is 16.1. The predicted molar refractivity (Wildman–Crippen MR) is 94.8 cm³/mol. The van der Waals surface area contributed by atoms with Crippen molar-refractivity contribution in [3.63, 3.8) is 0 Å². The van der Waals surface area contributed by atoms with Gasteiger partial charge in [0.1, 0.15) is 16.2 Å². The summed E-state index contributed by atoms with van der Waals surface area (Å²) in [5.74, 6) is 0.488. The molecule has 0 saturated heterocycles. The molecular formula is C17H16N2O2S2. The van der Waals surface area contributed by atoms with E-state index in [-0.39, 0.29) is 5.97 Å². The Morgan fingerprint density at radius 3 is 2.87 bits per heavy atom. The highest BCUT2D eigenvalue weighted by Gasteiger charge is 2.11. The fourth-order valence-corrected chi connectivity index (χ4v) is 4.12. The van der Waals surface area contributed by atoms with Crippen molar-refractivity contribution in [2.24, 2.45) is 0 Å². The van der Waals surface area contributed by atoms with Crippen LogP contribution in [0, 0.1) is 0 Å². The third-order valence-electron chi connectivity index (χ3n) is 3.20. The van der Waals surface area contributed by atoms with Crippen molar-refractivity contribution in [1.29, 1.82) is 0 Å². The molecule has 3 rings (SSSR count). The Hall–Kier alpha value is -1.92. The summed E-state index contributed by atoms with van der Waals surface area (Å²) in [6.07, 6.45) is 1.97. The number of aromatic nitrogens is 2. The van der Waals surface area contributed by atoms with E-state index in [9.17, 15) is 4.79 Å². The van der Waals surface area contributed by atoms with Gasteiger partial charge in [0.05, 0.1) is 13.0 Å². The maximum absolute atomic E-state index is 11.4. The first-order valence-corrected chi connectivity index (χ1v) is 9.16. The number of thiophene rings is 1. The molecule has 0 aliphatic rings. The Labute approximate surface area is 142 Å². The molecule has 1 aromatic carbocycles. The second kappa shape index (κ2) is 7.57. The van der Waals surface area contributed by atoms with E-state index in [2.05, 4.69) is 28.2 Å². The highest BCUT2D eigenvalue weighted by molar-refractivity contribution is 7.99. The smallest absolute Gasteiger partial charge is 0.306 e. The maximum atomic E-state index is 11.4. The van der Waals surface area contributed by atoms with Gasteiger partial charge in [0, 0.05) is 16.0 Å². The first-order chi connectivity index (χ1) is 11.3. The van der Waals surface area contributed by atoms with E-state index in [1.165, 1.54) is 10.4 Å². The van der Waals surface area contributed by atoms with E-state index in [0.29, 0.717) is 18.8 Å². The molecule has 4 nitrogen and oxygen atoms in total. The molecular weight excluding hydrogens is 328 g/mol. The second-order valence-corrected chi connectivity index (χ2v) is 6.89. The van der Waals surface area contributed by atoms with Crippen molar-refractivity contribution in [3.05, 3.63) is 42.7 Å². The number of carbonyl (C=O) groups excluding carboxylic acids is 1. The summed E-state index contributed by atoms with van der Waals surface area (Å²) in [5.41, 5.74) is 1.18. The van der Waals surface area contributed by atoms with Crippen LogP contribution in [0.4, 0.5) is 0 Å². The summed E-state index contributed by atoms with van der Waals surface area (Å²) in [7, 11) is 0. The number of thioether (sulfide) groups is 1. The lowest BCUT2D eigenvalue weighted by molar-refractivity contribution is -0.142. The van der Waals surface area contributed by atoms with Crippen LogP contribution in [0.3, 0.4) is 0 Å². The lowest BCUT2D eigenvalue weighted by Crippen LogP contribution is -2.04. The number of nitrogens with zero attached hydrogens (tertiary/aromatic N) is 2. The first kappa shape index (κ1) is 16.0. The van der Waals surface area contributed by atoms with Crippen molar-refractivity contribution in [3.8, 4) is 10.4 Å². The summed E-state index contributed by atoms with van der Waals surface area (Å²) in [6.45, 7) is 2.24.